The van der Waals surface area contributed by atoms with Gasteiger partial charge in [0.2, 0.25) is 5.91 Å². The number of nitro benzene ring substituents is 1. The summed E-state index contributed by atoms with van der Waals surface area (Å²) in [6.07, 6.45) is 0.179. The lowest BCUT2D eigenvalue weighted by Gasteiger charge is -2.08. The molecular formula is C14H16N4O4. The van der Waals surface area contributed by atoms with Gasteiger partial charge in [0.15, 0.2) is 0 Å². The molecule has 1 aromatic carbocycles. The minimum Gasteiger partial charge on any atom is -0.506 e. The highest BCUT2D eigenvalue weighted by Gasteiger charge is 2.12. The SMILES string of the molecule is Cc1cc(C)n(CCC(=O)Nc2ccc([N+](=O)[O-])cc2O)n1. The number of carbonyl (C=O) groups is 1. The van der Waals surface area contributed by atoms with Crippen molar-refractivity contribution in [3.05, 3.63) is 45.8 Å². The van der Waals surface area contributed by atoms with Gasteiger partial charge in [-0.05, 0) is 26.0 Å². The highest BCUT2D eigenvalue weighted by Crippen LogP contribution is 2.27. The van der Waals surface area contributed by atoms with Crippen LogP contribution >= 0.6 is 0 Å². The molecule has 2 aromatic rings. The number of aryl methyl sites for hydroxylation is 3. The standard InChI is InChI=1S/C14H16N4O4/c1-9-7-10(2)17(16-9)6-5-14(20)15-12-4-3-11(18(21)22)8-13(12)19/h3-4,7-8,19H,5-6H2,1-2H3,(H,15,20). The molecule has 0 bridgehead atoms. The molecule has 8 heteroatoms. The minimum atomic E-state index is -0.617. The summed E-state index contributed by atoms with van der Waals surface area (Å²) < 4.78 is 1.73. The van der Waals surface area contributed by atoms with Crippen LogP contribution in [0.4, 0.5) is 11.4 Å². The van der Waals surface area contributed by atoms with Crippen molar-refractivity contribution in [3.63, 3.8) is 0 Å². The third kappa shape index (κ3) is 3.60. The van der Waals surface area contributed by atoms with Gasteiger partial charge < -0.3 is 10.4 Å². The Morgan fingerprint density at radius 1 is 1.41 bits per heavy atom. The first kappa shape index (κ1) is 15.5. The molecule has 0 spiro atoms. The van der Waals surface area contributed by atoms with Gasteiger partial charge in [-0.15, -0.1) is 0 Å². The van der Waals surface area contributed by atoms with E-state index in [1.807, 2.05) is 19.9 Å². The zero-order valence-electron chi connectivity index (χ0n) is 12.2. The Labute approximate surface area is 126 Å². The second-order valence-corrected chi connectivity index (χ2v) is 4.91. The Hall–Kier alpha value is -2.90. The van der Waals surface area contributed by atoms with E-state index in [-0.39, 0.29) is 29.5 Å². The number of nitrogens with one attached hydrogen (secondary N) is 1. The van der Waals surface area contributed by atoms with E-state index < -0.39 is 4.92 Å². The number of nitrogens with zero attached hydrogens (tertiary/aromatic N) is 3. The number of carbonyl (C=O) groups excluding carboxylic acids is 1. The number of hydrogen-bond acceptors (Lipinski definition) is 5. The van der Waals surface area contributed by atoms with Crippen LogP contribution in [0.1, 0.15) is 17.8 Å². The second kappa shape index (κ2) is 6.25. The van der Waals surface area contributed by atoms with E-state index in [0.717, 1.165) is 17.5 Å². The highest BCUT2D eigenvalue weighted by atomic mass is 16.6. The van der Waals surface area contributed by atoms with Crippen molar-refractivity contribution >= 4 is 17.3 Å². The summed E-state index contributed by atoms with van der Waals surface area (Å²) in [4.78, 5) is 21.8. The van der Waals surface area contributed by atoms with E-state index in [0.29, 0.717) is 6.54 Å². The Morgan fingerprint density at radius 3 is 2.68 bits per heavy atom. The second-order valence-electron chi connectivity index (χ2n) is 4.91. The van der Waals surface area contributed by atoms with Crippen molar-refractivity contribution in [1.29, 1.82) is 0 Å². The fourth-order valence-corrected chi connectivity index (χ4v) is 2.06. The third-order valence-electron chi connectivity index (χ3n) is 3.12. The number of aromatic nitrogens is 2. The van der Waals surface area contributed by atoms with Gasteiger partial charge in [0.1, 0.15) is 5.75 Å². The van der Waals surface area contributed by atoms with E-state index in [4.69, 9.17) is 0 Å². The molecule has 8 nitrogen and oxygen atoms in total. The Bertz CT molecular complexity index is 724. The van der Waals surface area contributed by atoms with Crippen LogP contribution in [0.25, 0.3) is 0 Å². The number of rotatable bonds is 5. The summed E-state index contributed by atoms with van der Waals surface area (Å²) in [6.45, 7) is 4.19. The van der Waals surface area contributed by atoms with Gasteiger partial charge in [0, 0.05) is 24.7 Å². The fraction of sp³-hybridized carbons (Fsp3) is 0.286. The van der Waals surface area contributed by atoms with Crippen LogP contribution in [0.3, 0.4) is 0 Å². The predicted octanol–water partition coefficient (Wildman–Crippen LogP) is 2.14. The largest absolute Gasteiger partial charge is 0.506 e. The fourth-order valence-electron chi connectivity index (χ4n) is 2.06. The van der Waals surface area contributed by atoms with Gasteiger partial charge in [-0.1, -0.05) is 0 Å². The molecule has 1 amide bonds. The zero-order valence-corrected chi connectivity index (χ0v) is 12.2. The van der Waals surface area contributed by atoms with Crippen molar-refractivity contribution in [2.24, 2.45) is 0 Å². The number of amides is 1. The summed E-state index contributed by atoms with van der Waals surface area (Å²) in [5.74, 6) is -0.648. The molecule has 2 rings (SSSR count). The predicted molar refractivity (Wildman–Crippen MR) is 79.7 cm³/mol. The zero-order chi connectivity index (χ0) is 16.3. The molecule has 0 aliphatic heterocycles. The molecule has 2 N–H and O–H groups in total. The third-order valence-corrected chi connectivity index (χ3v) is 3.12. The highest BCUT2D eigenvalue weighted by molar-refractivity contribution is 5.92. The average Bonchev–Trinajstić information content (AvgIpc) is 2.76. The van der Waals surface area contributed by atoms with Gasteiger partial charge in [0.05, 0.1) is 22.4 Å². The van der Waals surface area contributed by atoms with Crippen molar-refractivity contribution in [2.75, 3.05) is 5.32 Å². The number of anilines is 1. The quantitative estimate of drug-likeness (QED) is 0.499. The first-order valence-electron chi connectivity index (χ1n) is 6.65. The van der Waals surface area contributed by atoms with Gasteiger partial charge in [-0.3, -0.25) is 19.6 Å². The maximum atomic E-state index is 11.9. The molecule has 0 atom stereocenters. The molecule has 0 saturated heterocycles. The Balaban J connectivity index is 1.97. The lowest BCUT2D eigenvalue weighted by Crippen LogP contribution is -2.15. The number of phenols is 1. The van der Waals surface area contributed by atoms with Crippen molar-refractivity contribution < 1.29 is 14.8 Å². The Morgan fingerprint density at radius 2 is 2.14 bits per heavy atom. The first-order chi connectivity index (χ1) is 10.4. The molecule has 22 heavy (non-hydrogen) atoms. The minimum absolute atomic E-state index is 0.143. The number of hydrogen-bond donors (Lipinski definition) is 2. The maximum absolute atomic E-state index is 11.9. The van der Waals surface area contributed by atoms with E-state index in [1.165, 1.54) is 12.1 Å². The van der Waals surface area contributed by atoms with E-state index in [2.05, 4.69) is 10.4 Å². The lowest BCUT2D eigenvalue weighted by molar-refractivity contribution is -0.384. The van der Waals surface area contributed by atoms with Crippen LogP contribution in [0.2, 0.25) is 0 Å². The number of phenolic OH excluding ortho intramolecular Hbond substituents is 1. The van der Waals surface area contributed by atoms with Crippen molar-refractivity contribution in [3.8, 4) is 5.75 Å². The number of nitro groups is 1. The van der Waals surface area contributed by atoms with E-state index >= 15 is 0 Å². The average molecular weight is 304 g/mol. The molecule has 1 aromatic heterocycles. The monoisotopic (exact) mass is 304 g/mol. The molecular weight excluding hydrogens is 288 g/mol. The van der Waals surface area contributed by atoms with Crippen LogP contribution < -0.4 is 5.32 Å². The molecule has 0 unspecified atom stereocenters. The summed E-state index contributed by atoms with van der Waals surface area (Å²) in [7, 11) is 0. The summed E-state index contributed by atoms with van der Waals surface area (Å²) in [5.41, 5.74) is 1.75. The number of non-ortho nitro benzene ring substituents is 1. The van der Waals surface area contributed by atoms with Gasteiger partial charge >= 0.3 is 0 Å². The molecule has 0 fully saturated rings. The van der Waals surface area contributed by atoms with Crippen LogP contribution in [0, 0.1) is 24.0 Å². The first-order valence-corrected chi connectivity index (χ1v) is 6.65. The van der Waals surface area contributed by atoms with Crippen molar-refractivity contribution in [2.45, 2.75) is 26.8 Å². The lowest BCUT2D eigenvalue weighted by atomic mass is 10.2. The van der Waals surface area contributed by atoms with Crippen LogP contribution in [-0.2, 0) is 11.3 Å². The van der Waals surface area contributed by atoms with Crippen molar-refractivity contribution in [1.82, 2.24) is 9.78 Å². The Kier molecular flexibility index (Phi) is 4.40. The van der Waals surface area contributed by atoms with E-state index in [1.54, 1.807) is 4.68 Å². The summed E-state index contributed by atoms with van der Waals surface area (Å²) in [6, 6.07) is 5.43. The summed E-state index contributed by atoms with van der Waals surface area (Å²) >= 11 is 0. The molecule has 0 saturated carbocycles. The van der Waals surface area contributed by atoms with Gasteiger partial charge in [0.25, 0.3) is 5.69 Å². The van der Waals surface area contributed by atoms with Crippen LogP contribution in [0.5, 0.6) is 5.75 Å². The molecule has 0 aliphatic rings. The number of aromatic hydroxyl groups is 1. The maximum Gasteiger partial charge on any atom is 0.273 e. The molecule has 0 aliphatic carbocycles. The topological polar surface area (TPSA) is 110 Å². The summed E-state index contributed by atoms with van der Waals surface area (Å²) in [5, 5.41) is 27.0. The van der Waals surface area contributed by atoms with Crippen LogP contribution in [0.15, 0.2) is 24.3 Å². The van der Waals surface area contributed by atoms with Crippen LogP contribution in [-0.4, -0.2) is 25.7 Å². The van der Waals surface area contributed by atoms with E-state index in [9.17, 15) is 20.0 Å². The molecule has 0 radical (unpaired) electrons. The number of benzene rings is 1. The molecule has 116 valence electrons. The smallest absolute Gasteiger partial charge is 0.273 e. The normalized spacial score (nSPS) is 10.5. The van der Waals surface area contributed by atoms with Gasteiger partial charge in [-0.2, -0.15) is 5.10 Å². The molecule has 1 heterocycles. The van der Waals surface area contributed by atoms with Gasteiger partial charge in [-0.25, -0.2) is 0 Å².